The summed E-state index contributed by atoms with van der Waals surface area (Å²) in [6.07, 6.45) is -19.6. The highest BCUT2D eigenvalue weighted by Crippen LogP contribution is 2.52. The summed E-state index contributed by atoms with van der Waals surface area (Å²) in [7, 11) is -5.16. The molecule has 2 N–H and O–H groups in total. The molecule has 1 atom stereocenters. The molecule has 0 heterocycles. The van der Waals surface area contributed by atoms with Gasteiger partial charge in [-0.2, -0.15) is 47.9 Å². The molecule has 1 unspecified atom stereocenters. The first kappa shape index (κ1) is 32.4. The fourth-order valence-corrected chi connectivity index (χ4v) is 2.98. The summed E-state index contributed by atoms with van der Waals surface area (Å²) < 4.78 is 156. The van der Waals surface area contributed by atoms with Gasteiger partial charge < -0.3 is 14.6 Å². The van der Waals surface area contributed by atoms with Gasteiger partial charge in [0.2, 0.25) is 0 Å². The van der Waals surface area contributed by atoms with E-state index in [1.54, 1.807) is 0 Å². The van der Waals surface area contributed by atoms with E-state index < -0.39 is 93.7 Å². The van der Waals surface area contributed by atoms with Gasteiger partial charge in [-0.15, -0.1) is 0 Å². The van der Waals surface area contributed by atoms with Gasteiger partial charge in [0.1, 0.15) is 0 Å². The summed E-state index contributed by atoms with van der Waals surface area (Å²) in [6.45, 7) is -2.33. The van der Waals surface area contributed by atoms with Crippen LogP contribution in [-0.4, -0.2) is 67.4 Å². The van der Waals surface area contributed by atoms with E-state index in [9.17, 15) is 67.2 Å². The summed E-state index contributed by atoms with van der Waals surface area (Å²) in [5, 5.41) is 9.31. The van der Waals surface area contributed by atoms with Crippen LogP contribution in [0.4, 0.5) is 39.5 Å². The van der Waals surface area contributed by atoms with Crippen molar-refractivity contribution in [3.05, 3.63) is 29.3 Å². The van der Waals surface area contributed by atoms with Crippen molar-refractivity contribution in [3.63, 3.8) is 0 Å². The topological polar surface area (TPSA) is 127 Å². The summed E-state index contributed by atoms with van der Waals surface area (Å²) >= 11 is 0. The molecule has 212 valence electrons. The molecule has 0 radical (unpaired) electrons. The average Bonchev–Trinajstić information content (AvgIpc) is 2.69. The predicted octanol–water partition coefficient (Wildman–Crippen LogP) is 4.47. The smallest absolute Gasteiger partial charge is 0.417 e. The lowest BCUT2D eigenvalue weighted by atomic mass is 9.85. The molecule has 0 saturated heterocycles. The second kappa shape index (κ2) is 10.6. The van der Waals surface area contributed by atoms with E-state index >= 15 is 0 Å². The van der Waals surface area contributed by atoms with Gasteiger partial charge in [-0.1, -0.05) is 0 Å². The van der Waals surface area contributed by atoms with E-state index in [1.807, 2.05) is 0 Å². The van der Waals surface area contributed by atoms with Gasteiger partial charge in [-0.05, 0) is 32.0 Å². The lowest BCUT2D eigenvalue weighted by Crippen LogP contribution is -2.48. The zero-order chi connectivity index (χ0) is 29.3. The van der Waals surface area contributed by atoms with Crippen molar-refractivity contribution in [2.24, 2.45) is 5.41 Å². The van der Waals surface area contributed by atoms with Crippen LogP contribution in [0.1, 0.15) is 47.4 Å². The number of hydrogen-bond acceptors (Lipinski definition) is 7. The van der Waals surface area contributed by atoms with Crippen LogP contribution < -0.4 is 0 Å². The number of rotatable bonds is 9. The minimum absolute atomic E-state index is 0.177. The molecule has 18 heteroatoms. The second-order valence-corrected chi connectivity index (χ2v) is 9.51. The molecule has 0 aliphatic rings. The Kier molecular flexibility index (Phi) is 9.33. The second-order valence-electron chi connectivity index (χ2n) is 8.09. The molecule has 1 rings (SSSR count). The Balaban J connectivity index is 3.13. The van der Waals surface area contributed by atoms with Crippen LogP contribution in [0.15, 0.2) is 23.1 Å². The van der Waals surface area contributed by atoms with Gasteiger partial charge in [0.25, 0.3) is 10.1 Å². The number of hydrogen-bond donors (Lipinski definition) is 2. The number of carbonyl (C=O) groups excluding carboxylic acids is 2. The molecule has 0 bridgehead atoms. The van der Waals surface area contributed by atoms with E-state index in [4.69, 9.17) is 0 Å². The highest BCUT2D eigenvalue weighted by atomic mass is 32.2. The van der Waals surface area contributed by atoms with Gasteiger partial charge in [0.05, 0.1) is 29.2 Å². The largest absolute Gasteiger partial charge is 0.462 e. The molecular weight excluding hydrogens is 559 g/mol. The molecule has 0 spiro atoms. The predicted molar refractivity (Wildman–Crippen MR) is 103 cm³/mol. The molecule has 0 amide bonds. The third-order valence-corrected chi connectivity index (χ3v) is 6.03. The molecule has 1 aromatic carbocycles. The van der Waals surface area contributed by atoms with Crippen molar-refractivity contribution in [2.45, 2.75) is 55.7 Å². The molecule has 8 nitrogen and oxygen atoms in total. The molecule has 0 saturated carbocycles. The number of alkyl halides is 9. The van der Waals surface area contributed by atoms with Crippen molar-refractivity contribution in [1.82, 2.24) is 0 Å². The third-order valence-electron chi connectivity index (χ3n) is 5.20. The highest BCUT2D eigenvalue weighted by Gasteiger charge is 2.67. The first-order valence-electron chi connectivity index (χ1n) is 9.73. The zero-order valence-electron chi connectivity index (χ0n) is 18.7. The van der Waals surface area contributed by atoms with Crippen molar-refractivity contribution in [3.8, 4) is 0 Å². The van der Waals surface area contributed by atoms with E-state index in [1.165, 1.54) is 0 Å². The van der Waals surface area contributed by atoms with Crippen LogP contribution in [-0.2, 0) is 19.6 Å². The minimum atomic E-state index is -5.78. The van der Waals surface area contributed by atoms with Crippen molar-refractivity contribution in [2.75, 3.05) is 13.2 Å². The SMILES string of the molecule is CC(O)(CCOC(=O)c1cc(C(=O)OCCC(C)(C(F)(F)F)C(F)(F)F)cc(S(=O)(=O)O)c1)C(F)(F)F. The summed E-state index contributed by atoms with van der Waals surface area (Å²) in [6, 6.07) is 1.30. The molecule has 0 aliphatic heterocycles. The van der Waals surface area contributed by atoms with Gasteiger partial charge in [0.15, 0.2) is 11.0 Å². The van der Waals surface area contributed by atoms with Crippen LogP contribution in [0.5, 0.6) is 0 Å². The fraction of sp³-hybridized carbons (Fsp3) is 0.579. The first-order valence-corrected chi connectivity index (χ1v) is 11.2. The molecule has 0 aliphatic carbocycles. The molecular formula is C19H19F9O8S. The Morgan fingerprint density at radius 3 is 1.46 bits per heavy atom. The zero-order valence-corrected chi connectivity index (χ0v) is 19.5. The summed E-state index contributed by atoms with van der Waals surface area (Å²) in [4.78, 5) is 23.1. The van der Waals surface area contributed by atoms with Crippen LogP contribution in [0, 0.1) is 5.41 Å². The van der Waals surface area contributed by atoms with Crippen LogP contribution in [0.25, 0.3) is 0 Å². The number of ether oxygens (including phenoxy) is 2. The Bertz CT molecular complexity index is 1090. The quantitative estimate of drug-likeness (QED) is 0.250. The maximum absolute atomic E-state index is 12.9. The highest BCUT2D eigenvalue weighted by molar-refractivity contribution is 7.85. The van der Waals surface area contributed by atoms with Gasteiger partial charge in [-0.3, -0.25) is 4.55 Å². The van der Waals surface area contributed by atoms with Crippen molar-refractivity contribution in [1.29, 1.82) is 0 Å². The molecule has 37 heavy (non-hydrogen) atoms. The number of esters is 2. The Labute approximate surface area is 203 Å². The Morgan fingerprint density at radius 1 is 0.757 bits per heavy atom. The monoisotopic (exact) mass is 578 g/mol. The maximum Gasteiger partial charge on any atom is 0.417 e. The summed E-state index contributed by atoms with van der Waals surface area (Å²) in [5.41, 5.74) is -9.36. The minimum Gasteiger partial charge on any atom is -0.462 e. The van der Waals surface area contributed by atoms with Gasteiger partial charge >= 0.3 is 30.5 Å². The van der Waals surface area contributed by atoms with Crippen molar-refractivity contribution < 1.29 is 76.7 Å². The number of aliphatic hydroxyl groups is 1. The van der Waals surface area contributed by atoms with E-state index in [0.29, 0.717) is 25.1 Å². The van der Waals surface area contributed by atoms with Gasteiger partial charge in [0, 0.05) is 12.8 Å². The summed E-state index contributed by atoms with van der Waals surface area (Å²) in [5.74, 6) is -3.26. The normalized spacial score (nSPS) is 15.2. The Hall–Kier alpha value is -2.60. The maximum atomic E-state index is 12.9. The number of carbonyl (C=O) groups is 2. The first-order chi connectivity index (χ1) is 16.3. The van der Waals surface area contributed by atoms with Crippen molar-refractivity contribution >= 4 is 22.1 Å². The lowest BCUT2D eigenvalue weighted by molar-refractivity contribution is -0.337. The van der Waals surface area contributed by atoms with Crippen LogP contribution >= 0.6 is 0 Å². The third kappa shape index (κ3) is 7.94. The number of benzene rings is 1. The van der Waals surface area contributed by atoms with E-state index in [0.717, 1.165) is 0 Å². The van der Waals surface area contributed by atoms with Crippen LogP contribution in [0.2, 0.25) is 0 Å². The Morgan fingerprint density at radius 2 is 1.14 bits per heavy atom. The number of halogens is 9. The molecule has 0 fully saturated rings. The van der Waals surface area contributed by atoms with E-state index in [2.05, 4.69) is 9.47 Å². The molecule has 1 aromatic rings. The standard InChI is InChI=1S/C19H19F9O8S/c1-15(17(20,21)22,18(23,24)25)3-5-35-13(29)10-7-11(9-12(8-10)37(32,33)34)14(30)36-6-4-16(2,31)19(26,27)28/h7-9,31H,3-6H2,1-2H3,(H,32,33,34). The lowest BCUT2D eigenvalue weighted by Gasteiger charge is -2.33. The fourth-order valence-electron chi connectivity index (χ4n) is 2.43. The van der Waals surface area contributed by atoms with Gasteiger partial charge in [-0.25, -0.2) is 9.59 Å². The van der Waals surface area contributed by atoms with E-state index in [-0.39, 0.29) is 6.92 Å². The average molecular weight is 578 g/mol. The molecule has 0 aromatic heterocycles. The van der Waals surface area contributed by atoms with Crippen LogP contribution in [0.3, 0.4) is 0 Å².